The average molecular weight is 324 g/mol. The third-order valence-corrected chi connectivity index (χ3v) is 4.02. The second kappa shape index (κ2) is 5.88. The predicted molar refractivity (Wildman–Crippen MR) is 87.6 cm³/mol. The molecule has 6 nitrogen and oxygen atoms in total. The van der Waals surface area contributed by atoms with Crippen molar-refractivity contribution in [3.8, 4) is 22.8 Å². The minimum Gasteiger partial charge on any atom is -0.486 e. The fourth-order valence-corrected chi connectivity index (χ4v) is 2.93. The Labute approximate surface area is 138 Å². The smallest absolute Gasteiger partial charge is 0.303 e. The molecule has 1 aliphatic rings. The van der Waals surface area contributed by atoms with Gasteiger partial charge in [-0.05, 0) is 30.3 Å². The SMILES string of the molecule is O=C(O)CCc1c(-c2ccc3c(c2)OCCO3)nc2ccccn12. The molecule has 1 aliphatic heterocycles. The number of carboxylic acids is 1. The van der Waals surface area contributed by atoms with Gasteiger partial charge in [0.25, 0.3) is 0 Å². The van der Waals surface area contributed by atoms with Gasteiger partial charge in [-0.1, -0.05) is 6.07 Å². The van der Waals surface area contributed by atoms with Gasteiger partial charge < -0.3 is 19.0 Å². The minimum atomic E-state index is -0.825. The van der Waals surface area contributed by atoms with Gasteiger partial charge in [-0.3, -0.25) is 4.79 Å². The lowest BCUT2D eigenvalue weighted by atomic mass is 10.1. The molecular weight excluding hydrogens is 308 g/mol. The number of pyridine rings is 1. The molecule has 2 aromatic heterocycles. The van der Waals surface area contributed by atoms with Crippen molar-refractivity contribution in [2.75, 3.05) is 13.2 Å². The second-order valence-electron chi connectivity index (χ2n) is 5.59. The third-order valence-electron chi connectivity index (χ3n) is 4.02. The fourth-order valence-electron chi connectivity index (χ4n) is 2.93. The number of hydrogen-bond donors (Lipinski definition) is 1. The summed E-state index contributed by atoms with van der Waals surface area (Å²) in [6.07, 6.45) is 2.37. The van der Waals surface area contributed by atoms with Gasteiger partial charge in [0, 0.05) is 18.2 Å². The largest absolute Gasteiger partial charge is 0.486 e. The Morgan fingerprint density at radius 2 is 2.00 bits per heavy atom. The van der Waals surface area contributed by atoms with Crippen LogP contribution in [0.1, 0.15) is 12.1 Å². The number of hydrogen-bond acceptors (Lipinski definition) is 4. The molecule has 0 unspecified atom stereocenters. The lowest BCUT2D eigenvalue weighted by Gasteiger charge is -2.18. The van der Waals surface area contributed by atoms with Crippen molar-refractivity contribution in [3.63, 3.8) is 0 Å². The first-order valence-corrected chi connectivity index (χ1v) is 7.80. The molecule has 0 spiro atoms. The van der Waals surface area contributed by atoms with E-state index in [1.807, 2.05) is 47.0 Å². The number of aliphatic carboxylic acids is 1. The Morgan fingerprint density at radius 3 is 2.83 bits per heavy atom. The maximum atomic E-state index is 11.0. The highest BCUT2D eigenvalue weighted by atomic mass is 16.6. The van der Waals surface area contributed by atoms with Crippen molar-refractivity contribution in [2.45, 2.75) is 12.8 Å². The topological polar surface area (TPSA) is 73.1 Å². The number of carbonyl (C=O) groups is 1. The quantitative estimate of drug-likeness (QED) is 0.799. The van der Waals surface area contributed by atoms with Crippen molar-refractivity contribution >= 4 is 11.6 Å². The molecule has 0 radical (unpaired) electrons. The number of aryl methyl sites for hydroxylation is 1. The number of fused-ring (bicyclic) bond motifs is 2. The summed E-state index contributed by atoms with van der Waals surface area (Å²) >= 11 is 0. The normalized spacial score (nSPS) is 13.2. The maximum absolute atomic E-state index is 11.0. The van der Waals surface area contributed by atoms with E-state index in [0.29, 0.717) is 25.4 Å². The van der Waals surface area contributed by atoms with E-state index in [0.717, 1.165) is 28.3 Å². The molecule has 0 amide bonds. The zero-order valence-electron chi connectivity index (χ0n) is 12.9. The average Bonchev–Trinajstić information content (AvgIpc) is 2.98. The summed E-state index contributed by atoms with van der Waals surface area (Å²) in [5.74, 6) is 0.592. The summed E-state index contributed by atoms with van der Waals surface area (Å²) in [6.45, 7) is 1.07. The molecule has 1 aromatic carbocycles. The second-order valence-corrected chi connectivity index (χ2v) is 5.59. The molecular formula is C18H16N2O4. The monoisotopic (exact) mass is 324 g/mol. The first-order chi connectivity index (χ1) is 11.7. The third kappa shape index (κ3) is 2.56. The molecule has 0 saturated heterocycles. The molecule has 24 heavy (non-hydrogen) atoms. The molecule has 3 aromatic rings. The summed E-state index contributed by atoms with van der Waals surface area (Å²) < 4.78 is 13.1. The van der Waals surface area contributed by atoms with Crippen LogP contribution in [-0.4, -0.2) is 33.7 Å². The summed E-state index contributed by atoms with van der Waals surface area (Å²) in [6, 6.07) is 11.4. The highest BCUT2D eigenvalue weighted by molar-refractivity contribution is 5.71. The van der Waals surface area contributed by atoms with Crippen LogP contribution in [-0.2, 0) is 11.2 Å². The number of nitrogens with zero attached hydrogens (tertiary/aromatic N) is 2. The predicted octanol–water partition coefficient (Wildman–Crippen LogP) is 2.79. The van der Waals surface area contributed by atoms with E-state index < -0.39 is 5.97 Å². The van der Waals surface area contributed by atoms with Gasteiger partial charge in [0.05, 0.1) is 17.8 Å². The van der Waals surface area contributed by atoms with Crippen LogP contribution in [0.25, 0.3) is 16.9 Å². The summed E-state index contributed by atoms with van der Waals surface area (Å²) in [5, 5.41) is 9.04. The number of imidazole rings is 1. The molecule has 0 fully saturated rings. The van der Waals surface area contributed by atoms with Gasteiger partial charge in [-0.15, -0.1) is 0 Å². The number of benzene rings is 1. The number of carboxylic acid groups (broad SMARTS) is 1. The van der Waals surface area contributed by atoms with Crippen molar-refractivity contribution in [1.29, 1.82) is 0 Å². The van der Waals surface area contributed by atoms with Crippen LogP contribution in [0.15, 0.2) is 42.6 Å². The van der Waals surface area contributed by atoms with Gasteiger partial charge in [0.15, 0.2) is 11.5 Å². The Morgan fingerprint density at radius 1 is 1.17 bits per heavy atom. The number of ether oxygens (including phenoxy) is 2. The standard InChI is InChI=1S/C18H16N2O4/c21-17(22)7-5-13-18(19-16-3-1-2-8-20(13)16)12-4-6-14-15(11-12)24-10-9-23-14/h1-4,6,8,11H,5,7,9-10H2,(H,21,22). The lowest BCUT2D eigenvalue weighted by molar-refractivity contribution is -0.136. The summed E-state index contributed by atoms with van der Waals surface area (Å²) in [7, 11) is 0. The Hall–Kier alpha value is -3.02. The zero-order valence-corrected chi connectivity index (χ0v) is 12.9. The minimum absolute atomic E-state index is 0.0558. The lowest BCUT2D eigenvalue weighted by Crippen LogP contribution is -2.15. The van der Waals surface area contributed by atoms with Crippen LogP contribution >= 0.6 is 0 Å². The first kappa shape index (κ1) is 14.6. The van der Waals surface area contributed by atoms with Crippen LogP contribution in [0.5, 0.6) is 11.5 Å². The van der Waals surface area contributed by atoms with E-state index in [1.165, 1.54) is 0 Å². The van der Waals surface area contributed by atoms with E-state index in [-0.39, 0.29) is 6.42 Å². The van der Waals surface area contributed by atoms with Crippen LogP contribution in [0.4, 0.5) is 0 Å². The Balaban J connectivity index is 1.83. The zero-order chi connectivity index (χ0) is 16.5. The van der Waals surface area contributed by atoms with Gasteiger partial charge in [0.2, 0.25) is 0 Å². The molecule has 0 bridgehead atoms. The Bertz CT molecular complexity index is 917. The molecule has 0 atom stereocenters. The van der Waals surface area contributed by atoms with E-state index in [1.54, 1.807) is 0 Å². The van der Waals surface area contributed by atoms with Gasteiger partial charge in [-0.2, -0.15) is 0 Å². The maximum Gasteiger partial charge on any atom is 0.303 e. The highest BCUT2D eigenvalue weighted by Crippen LogP contribution is 2.35. The van der Waals surface area contributed by atoms with E-state index >= 15 is 0 Å². The highest BCUT2D eigenvalue weighted by Gasteiger charge is 2.18. The Kier molecular flexibility index (Phi) is 3.57. The summed E-state index contributed by atoms with van der Waals surface area (Å²) in [5.41, 5.74) is 3.34. The molecule has 1 N–H and O–H groups in total. The van der Waals surface area contributed by atoms with E-state index in [9.17, 15) is 4.79 Å². The molecule has 6 heteroatoms. The van der Waals surface area contributed by atoms with Gasteiger partial charge >= 0.3 is 5.97 Å². The fraction of sp³-hybridized carbons (Fsp3) is 0.222. The number of aromatic nitrogens is 2. The molecule has 4 rings (SSSR count). The molecule has 0 aliphatic carbocycles. The van der Waals surface area contributed by atoms with E-state index in [2.05, 4.69) is 4.98 Å². The van der Waals surface area contributed by atoms with E-state index in [4.69, 9.17) is 14.6 Å². The number of rotatable bonds is 4. The first-order valence-electron chi connectivity index (χ1n) is 7.80. The van der Waals surface area contributed by atoms with Gasteiger partial charge in [0.1, 0.15) is 18.9 Å². The molecule has 0 saturated carbocycles. The molecule has 3 heterocycles. The molecule has 122 valence electrons. The van der Waals surface area contributed by atoms with Crippen LogP contribution in [0.2, 0.25) is 0 Å². The van der Waals surface area contributed by atoms with Crippen molar-refractivity contribution in [3.05, 3.63) is 48.3 Å². The van der Waals surface area contributed by atoms with Crippen molar-refractivity contribution in [1.82, 2.24) is 9.38 Å². The van der Waals surface area contributed by atoms with Crippen LogP contribution in [0, 0.1) is 0 Å². The van der Waals surface area contributed by atoms with Crippen LogP contribution < -0.4 is 9.47 Å². The van der Waals surface area contributed by atoms with Gasteiger partial charge in [-0.25, -0.2) is 4.98 Å². The summed E-state index contributed by atoms with van der Waals surface area (Å²) in [4.78, 5) is 15.7. The van der Waals surface area contributed by atoms with Crippen molar-refractivity contribution < 1.29 is 19.4 Å². The van der Waals surface area contributed by atoms with Crippen LogP contribution in [0.3, 0.4) is 0 Å². The van der Waals surface area contributed by atoms with Crippen molar-refractivity contribution in [2.24, 2.45) is 0 Å².